The fraction of sp³-hybridized carbons (Fsp3) is 0.409. The standard InChI is InChI=1S/C22H25N5O3S/c1-26-16-22(9-12-27(13-10-22)31(28,29)18-8-5-11-23-15-18)14-19(26)20-24-21(30-25-20)17-6-3-2-4-7-17/h2-8,11,15,19H,9-10,12-14,16H2,1H3. The molecule has 5 rings (SSSR count). The predicted octanol–water partition coefficient (Wildman–Crippen LogP) is 2.98. The molecular weight excluding hydrogens is 414 g/mol. The van der Waals surface area contributed by atoms with E-state index in [0.717, 1.165) is 31.4 Å². The number of nitrogens with zero attached hydrogens (tertiary/aromatic N) is 5. The van der Waals surface area contributed by atoms with Gasteiger partial charge < -0.3 is 4.52 Å². The molecule has 3 aromatic rings. The minimum atomic E-state index is -3.50. The van der Waals surface area contributed by atoms with Crippen molar-refractivity contribution in [2.75, 3.05) is 26.7 Å². The third-order valence-electron chi connectivity index (χ3n) is 6.56. The van der Waals surface area contributed by atoms with Crippen LogP contribution in [0, 0.1) is 5.41 Å². The zero-order valence-electron chi connectivity index (χ0n) is 17.4. The molecule has 2 aliphatic rings. The minimum Gasteiger partial charge on any atom is -0.334 e. The quantitative estimate of drug-likeness (QED) is 0.617. The second-order valence-corrected chi connectivity index (χ2v) is 10.5. The van der Waals surface area contributed by atoms with E-state index in [-0.39, 0.29) is 16.4 Å². The topological polar surface area (TPSA) is 92.4 Å². The van der Waals surface area contributed by atoms with Gasteiger partial charge in [0.15, 0.2) is 5.82 Å². The third-order valence-corrected chi connectivity index (χ3v) is 8.44. The SMILES string of the molecule is CN1CC2(CCN(S(=O)(=O)c3cccnc3)CC2)CC1c1noc(-c2ccccc2)n1. The molecule has 4 heterocycles. The van der Waals surface area contributed by atoms with Crippen molar-refractivity contribution in [3.8, 4) is 11.5 Å². The van der Waals surface area contributed by atoms with Gasteiger partial charge in [0.2, 0.25) is 10.0 Å². The molecule has 0 saturated carbocycles. The lowest BCUT2D eigenvalue weighted by atomic mass is 9.77. The molecule has 2 aliphatic heterocycles. The summed E-state index contributed by atoms with van der Waals surface area (Å²) in [6.45, 7) is 1.92. The van der Waals surface area contributed by atoms with Gasteiger partial charge in [-0.2, -0.15) is 9.29 Å². The lowest BCUT2D eigenvalue weighted by molar-refractivity contribution is 0.161. The molecule has 9 heteroatoms. The van der Waals surface area contributed by atoms with Gasteiger partial charge >= 0.3 is 0 Å². The van der Waals surface area contributed by atoms with Gasteiger partial charge in [0.25, 0.3) is 5.89 Å². The average molecular weight is 440 g/mol. The number of aromatic nitrogens is 3. The van der Waals surface area contributed by atoms with Crippen LogP contribution in [0.25, 0.3) is 11.5 Å². The smallest absolute Gasteiger partial charge is 0.257 e. The van der Waals surface area contributed by atoms with Gasteiger partial charge in [-0.05, 0) is 56.0 Å². The van der Waals surface area contributed by atoms with Crippen LogP contribution in [0.15, 0.2) is 64.3 Å². The molecule has 0 radical (unpaired) electrons. The van der Waals surface area contributed by atoms with Gasteiger partial charge in [-0.3, -0.25) is 9.88 Å². The van der Waals surface area contributed by atoms with E-state index in [1.807, 2.05) is 30.3 Å². The van der Waals surface area contributed by atoms with Crippen LogP contribution in [0.4, 0.5) is 0 Å². The van der Waals surface area contributed by atoms with E-state index in [1.54, 1.807) is 22.6 Å². The first-order valence-electron chi connectivity index (χ1n) is 10.5. The van der Waals surface area contributed by atoms with E-state index < -0.39 is 10.0 Å². The monoisotopic (exact) mass is 439 g/mol. The van der Waals surface area contributed by atoms with Crippen LogP contribution in [-0.2, 0) is 10.0 Å². The lowest BCUT2D eigenvalue weighted by Crippen LogP contribution is -2.44. The van der Waals surface area contributed by atoms with Crippen molar-refractivity contribution in [3.63, 3.8) is 0 Å². The molecular formula is C22H25N5O3S. The first-order valence-corrected chi connectivity index (χ1v) is 11.9. The van der Waals surface area contributed by atoms with Crippen LogP contribution >= 0.6 is 0 Å². The molecule has 0 bridgehead atoms. The average Bonchev–Trinajstić information content (AvgIpc) is 3.40. The van der Waals surface area contributed by atoms with Gasteiger partial charge in [-0.1, -0.05) is 23.4 Å². The van der Waals surface area contributed by atoms with E-state index in [0.29, 0.717) is 24.8 Å². The Labute approximate surface area is 182 Å². The molecule has 162 valence electrons. The molecule has 0 N–H and O–H groups in total. The number of benzene rings is 1. The maximum Gasteiger partial charge on any atom is 0.257 e. The van der Waals surface area contributed by atoms with Crippen molar-refractivity contribution < 1.29 is 12.9 Å². The molecule has 1 atom stereocenters. The molecule has 8 nitrogen and oxygen atoms in total. The maximum atomic E-state index is 12.9. The molecule has 2 aromatic heterocycles. The maximum absolute atomic E-state index is 12.9. The Hall–Kier alpha value is -2.62. The van der Waals surface area contributed by atoms with E-state index in [4.69, 9.17) is 4.52 Å². The molecule has 1 spiro atoms. The Bertz CT molecular complexity index is 1140. The zero-order chi connectivity index (χ0) is 21.5. The molecule has 2 saturated heterocycles. The van der Waals surface area contributed by atoms with Gasteiger partial charge in [0, 0.05) is 37.6 Å². The molecule has 31 heavy (non-hydrogen) atoms. The Balaban J connectivity index is 1.29. The molecule has 0 amide bonds. The molecule has 0 aliphatic carbocycles. The Morgan fingerprint density at radius 3 is 2.58 bits per heavy atom. The van der Waals surface area contributed by atoms with Gasteiger partial charge in [-0.15, -0.1) is 0 Å². The highest BCUT2D eigenvalue weighted by Gasteiger charge is 2.47. The second kappa shape index (κ2) is 7.81. The number of likely N-dealkylation sites (tertiary alicyclic amines) is 1. The summed E-state index contributed by atoms with van der Waals surface area (Å²) in [4.78, 5) is 11.1. The predicted molar refractivity (Wildman–Crippen MR) is 114 cm³/mol. The summed E-state index contributed by atoms with van der Waals surface area (Å²) >= 11 is 0. The third kappa shape index (κ3) is 3.77. The zero-order valence-corrected chi connectivity index (χ0v) is 18.2. The van der Waals surface area contributed by atoms with Crippen molar-refractivity contribution in [3.05, 3.63) is 60.7 Å². The number of hydrogen-bond acceptors (Lipinski definition) is 7. The van der Waals surface area contributed by atoms with Crippen LogP contribution in [0.5, 0.6) is 0 Å². The summed E-state index contributed by atoms with van der Waals surface area (Å²) in [5.41, 5.74) is 0.971. The Morgan fingerprint density at radius 2 is 1.87 bits per heavy atom. The number of rotatable bonds is 4. The number of piperidine rings is 1. The second-order valence-electron chi connectivity index (χ2n) is 8.55. The minimum absolute atomic E-state index is 0.0634. The van der Waals surface area contributed by atoms with Crippen LogP contribution in [0.3, 0.4) is 0 Å². The highest BCUT2D eigenvalue weighted by Crippen LogP contribution is 2.48. The fourth-order valence-electron chi connectivity index (χ4n) is 4.84. The highest BCUT2D eigenvalue weighted by molar-refractivity contribution is 7.89. The molecule has 1 aromatic carbocycles. The lowest BCUT2D eigenvalue weighted by Gasteiger charge is -2.38. The van der Waals surface area contributed by atoms with Crippen molar-refractivity contribution in [2.45, 2.75) is 30.2 Å². The van der Waals surface area contributed by atoms with E-state index in [9.17, 15) is 8.42 Å². The normalized spacial score (nSPS) is 22.2. The summed E-state index contributed by atoms with van der Waals surface area (Å²) in [6.07, 6.45) is 5.53. The Kier molecular flexibility index (Phi) is 5.11. The number of pyridine rings is 1. The summed E-state index contributed by atoms with van der Waals surface area (Å²) < 4.78 is 32.9. The van der Waals surface area contributed by atoms with Crippen molar-refractivity contribution in [1.82, 2.24) is 24.3 Å². The van der Waals surface area contributed by atoms with Crippen molar-refractivity contribution in [2.24, 2.45) is 5.41 Å². The van der Waals surface area contributed by atoms with Crippen LogP contribution in [0.1, 0.15) is 31.1 Å². The van der Waals surface area contributed by atoms with Gasteiger partial charge in [0.05, 0.1) is 6.04 Å². The summed E-state index contributed by atoms with van der Waals surface area (Å²) in [6, 6.07) is 13.1. The number of hydrogen-bond donors (Lipinski definition) is 0. The fourth-order valence-corrected chi connectivity index (χ4v) is 6.24. The summed E-state index contributed by atoms with van der Waals surface area (Å²) in [7, 11) is -1.42. The largest absolute Gasteiger partial charge is 0.334 e. The van der Waals surface area contributed by atoms with Crippen molar-refractivity contribution in [1.29, 1.82) is 0 Å². The molecule has 1 unspecified atom stereocenters. The van der Waals surface area contributed by atoms with E-state index in [2.05, 4.69) is 27.1 Å². The van der Waals surface area contributed by atoms with Gasteiger partial charge in [-0.25, -0.2) is 8.42 Å². The van der Waals surface area contributed by atoms with E-state index in [1.165, 1.54) is 6.20 Å². The van der Waals surface area contributed by atoms with Gasteiger partial charge in [0.1, 0.15) is 4.90 Å². The summed E-state index contributed by atoms with van der Waals surface area (Å²) in [5, 5.41) is 4.26. The molecule has 2 fully saturated rings. The van der Waals surface area contributed by atoms with Crippen LogP contribution in [0.2, 0.25) is 0 Å². The first kappa shape index (κ1) is 20.3. The first-order chi connectivity index (χ1) is 15.0. The Morgan fingerprint density at radius 1 is 1.10 bits per heavy atom. The van der Waals surface area contributed by atoms with E-state index >= 15 is 0 Å². The van der Waals surface area contributed by atoms with Crippen molar-refractivity contribution >= 4 is 10.0 Å². The highest BCUT2D eigenvalue weighted by atomic mass is 32.2. The van der Waals surface area contributed by atoms with Crippen LogP contribution in [-0.4, -0.2) is 59.4 Å². The van der Waals surface area contributed by atoms with Crippen LogP contribution < -0.4 is 0 Å². The number of sulfonamides is 1. The summed E-state index contributed by atoms with van der Waals surface area (Å²) in [5.74, 6) is 1.23.